The molecule has 1 aliphatic rings. The van der Waals surface area contributed by atoms with E-state index in [-0.39, 0.29) is 30.9 Å². The quantitative estimate of drug-likeness (QED) is 0.280. The van der Waals surface area contributed by atoms with Crippen LogP contribution < -0.4 is 0 Å². The van der Waals surface area contributed by atoms with Crippen LogP contribution in [0.3, 0.4) is 0 Å². The molecule has 1 aromatic heterocycles. The molecule has 0 amide bonds. The van der Waals surface area contributed by atoms with E-state index in [0.29, 0.717) is 0 Å². The molecule has 0 aliphatic carbocycles. The van der Waals surface area contributed by atoms with E-state index >= 15 is 8.78 Å². The van der Waals surface area contributed by atoms with Crippen molar-refractivity contribution in [1.82, 2.24) is 15.0 Å². The van der Waals surface area contributed by atoms with Crippen molar-refractivity contribution >= 4 is 23.7 Å². The second kappa shape index (κ2) is 13.2. The van der Waals surface area contributed by atoms with Crippen LogP contribution in [-0.2, 0) is 49.5 Å². The van der Waals surface area contributed by atoms with Gasteiger partial charge in [-0.3, -0.25) is 14.4 Å². The lowest BCUT2D eigenvalue weighted by Gasteiger charge is -2.48. The van der Waals surface area contributed by atoms with Gasteiger partial charge < -0.3 is 23.7 Å². The number of methoxy groups -OCH3 is 2. The lowest BCUT2D eigenvalue weighted by Crippen LogP contribution is -2.64. The van der Waals surface area contributed by atoms with Crippen molar-refractivity contribution < 1.29 is 51.6 Å². The van der Waals surface area contributed by atoms with Gasteiger partial charge in [-0.1, -0.05) is 26.0 Å². The number of nitrogens with zero attached hydrogens (tertiary/aromatic N) is 3. The molecular weight excluding hydrogens is 512 g/mol. The number of hydrogen-bond acceptors (Lipinski definition) is 11. The largest absolute Gasteiger partial charge is 0.465 e. The van der Waals surface area contributed by atoms with Gasteiger partial charge in [-0.05, 0) is 6.42 Å². The van der Waals surface area contributed by atoms with Crippen LogP contribution in [0.1, 0.15) is 59.2 Å². The van der Waals surface area contributed by atoms with E-state index < -0.39 is 66.1 Å². The van der Waals surface area contributed by atoms with Crippen molar-refractivity contribution in [3.8, 4) is 0 Å². The summed E-state index contributed by atoms with van der Waals surface area (Å²) in [7, 11) is 2.25. The molecule has 38 heavy (non-hydrogen) atoms. The molecule has 0 saturated carbocycles. The zero-order valence-electron chi connectivity index (χ0n) is 22.5. The molecule has 0 bridgehead atoms. The molecule has 12 nitrogen and oxygen atoms in total. The molecule has 0 N–H and O–H groups in total. The Morgan fingerprint density at radius 2 is 1.79 bits per heavy atom. The Bertz CT molecular complexity index is 1000. The molecule has 1 aromatic rings. The van der Waals surface area contributed by atoms with Gasteiger partial charge in [-0.2, -0.15) is 4.39 Å². The van der Waals surface area contributed by atoms with Gasteiger partial charge in [0.05, 0.1) is 26.0 Å². The second-order valence-corrected chi connectivity index (χ2v) is 9.35. The number of esters is 3. The number of halogens is 2. The number of rotatable bonds is 12. The van der Waals surface area contributed by atoms with Crippen molar-refractivity contribution in [2.24, 2.45) is 11.8 Å². The van der Waals surface area contributed by atoms with Crippen LogP contribution in [0.2, 0.25) is 0 Å². The first-order valence-electron chi connectivity index (χ1n) is 12.2. The van der Waals surface area contributed by atoms with Crippen LogP contribution in [0.4, 0.5) is 8.78 Å². The van der Waals surface area contributed by atoms with Gasteiger partial charge in [-0.25, -0.2) is 13.9 Å². The highest BCUT2D eigenvalue weighted by atomic mass is 19.2. The van der Waals surface area contributed by atoms with Gasteiger partial charge in [0.25, 0.3) is 0 Å². The van der Waals surface area contributed by atoms with Gasteiger partial charge in [-0.15, -0.1) is 5.10 Å². The van der Waals surface area contributed by atoms with Crippen LogP contribution in [0, 0.1) is 11.8 Å². The zero-order valence-corrected chi connectivity index (χ0v) is 22.5. The molecular formula is C24H35F2N3O9. The van der Waals surface area contributed by atoms with Crippen LogP contribution in [0.25, 0.3) is 0 Å². The third-order valence-electron chi connectivity index (χ3n) is 6.23. The molecule has 0 aromatic carbocycles. The summed E-state index contributed by atoms with van der Waals surface area (Å²) in [5.74, 6) is -9.06. The van der Waals surface area contributed by atoms with Crippen molar-refractivity contribution in [2.75, 3.05) is 14.2 Å². The maximum atomic E-state index is 16.2. The number of aromatic nitrogens is 3. The monoisotopic (exact) mass is 547 g/mol. The molecule has 0 spiro atoms. The van der Waals surface area contributed by atoms with Crippen LogP contribution >= 0.6 is 0 Å². The fourth-order valence-electron chi connectivity index (χ4n) is 4.44. The standard InChI is InChI=1S/C24H35F2N3O9/c1-8-18(36-13(4)30)21(37-14(5)31)20-16(9-17(32)12(2)3)19(29-10-15(11-34-6)27-28-29)22(25)24(26,38-20)23(33)35-7/h10,12,16,18-22H,8-9,11H2,1-7H3/t16-,18-,19?,20?,21-,22+,24-/m1/s1. The highest BCUT2D eigenvalue weighted by molar-refractivity contribution is 5.81. The van der Waals surface area contributed by atoms with Crippen molar-refractivity contribution in [1.29, 1.82) is 0 Å². The van der Waals surface area contributed by atoms with E-state index in [9.17, 15) is 19.2 Å². The van der Waals surface area contributed by atoms with E-state index in [1.165, 1.54) is 13.3 Å². The molecule has 214 valence electrons. The third kappa shape index (κ3) is 6.90. The normalized spacial score (nSPS) is 26.9. The number of hydrogen-bond donors (Lipinski definition) is 0. The summed E-state index contributed by atoms with van der Waals surface area (Å²) in [6.45, 7) is 7.04. The zero-order chi connectivity index (χ0) is 28.8. The third-order valence-corrected chi connectivity index (χ3v) is 6.23. The summed E-state index contributed by atoms with van der Waals surface area (Å²) in [5, 5.41) is 7.79. The van der Waals surface area contributed by atoms with E-state index in [4.69, 9.17) is 18.9 Å². The summed E-state index contributed by atoms with van der Waals surface area (Å²) in [6.07, 6.45) is -6.09. The predicted octanol–water partition coefficient (Wildman–Crippen LogP) is 2.05. The first kappa shape index (κ1) is 31.2. The SMILES string of the molecule is CC[C@@H](OC(C)=O)[C@@H](OC(C)=O)C1O[C@@](F)(C(=O)OC)[C@@H](F)C(n2cc(COC)nn2)[C@H]1CC(=O)C(C)C. The van der Waals surface area contributed by atoms with E-state index in [1.807, 2.05) is 0 Å². The fraction of sp³-hybridized carbons (Fsp3) is 0.750. The Hall–Kier alpha value is -3.00. The number of carbonyl (C=O) groups excluding carboxylic acids is 4. The molecule has 2 heterocycles. The Kier molecular flexibility index (Phi) is 10.8. The van der Waals surface area contributed by atoms with Gasteiger partial charge in [0.15, 0.2) is 12.3 Å². The average Bonchev–Trinajstić information content (AvgIpc) is 3.30. The summed E-state index contributed by atoms with van der Waals surface area (Å²) in [5.41, 5.74) is 0.266. The van der Waals surface area contributed by atoms with E-state index in [1.54, 1.807) is 20.8 Å². The molecule has 2 rings (SSSR count). The maximum Gasteiger partial charge on any atom is 0.375 e. The smallest absolute Gasteiger partial charge is 0.375 e. The minimum atomic E-state index is -3.69. The van der Waals surface area contributed by atoms with Crippen LogP contribution in [-0.4, -0.2) is 83.2 Å². The van der Waals surface area contributed by atoms with E-state index in [2.05, 4.69) is 15.0 Å². The molecule has 0 radical (unpaired) electrons. The number of carbonyl (C=O) groups is 4. The van der Waals surface area contributed by atoms with Gasteiger partial charge in [0.1, 0.15) is 23.7 Å². The Morgan fingerprint density at radius 3 is 2.29 bits per heavy atom. The number of Topliss-reactive ketones (excluding diaryl/α,β-unsaturated/α-hetero) is 1. The van der Waals surface area contributed by atoms with E-state index in [0.717, 1.165) is 25.6 Å². The topological polar surface area (TPSA) is 145 Å². The first-order valence-corrected chi connectivity index (χ1v) is 12.2. The Morgan fingerprint density at radius 1 is 1.16 bits per heavy atom. The lowest BCUT2D eigenvalue weighted by atomic mass is 9.77. The van der Waals surface area contributed by atoms with Crippen molar-refractivity contribution in [3.63, 3.8) is 0 Å². The predicted molar refractivity (Wildman–Crippen MR) is 125 cm³/mol. The fourth-order valence-corrected chi connectivity index (χ4v) is 4.44. The van der Waals surface area contributed by atoms with Crippen molar-refractivity contribution in [3.05, 3.63) is 11.9 Å². The number of ether oxygens (including phenoxy) is 5. The summed E-state index contributed by atoms with van der Waals surface area (Å²) in [6, 6.07) is -1.65. The van der Waals surface area contributed by atoms with Crippen LogP contribution in [0.15, 0.2) is 6.20 Å². The summed E-state index contributed by atoms with van der Waals surface area (Å²) < 4.78 is 59.0. The highest BCUT2D eigenvalue weighted by Crippen LogP contribution is 2.47. The Labute approximate surface area is 219 Å². The lowest BCUT2D eigenvalue weighted by molar-refractivity contribution is -0.295. The summed E-state index contributed by atoms with van der Waals surface area (Å²) in [4.78, 5) is 49.4. The highest BCUT2D eigenvalue weighted by Gasteiger charge is 2.65. The number of alkyl halides is 2. The van der Waals surface area contributed by atoms with Gasteiger partial charge in [0, 0.05) is 39.2 Å². The second-order valence-electron chi connectivity index (χ2n) is 9.35. The molecule has 2 unspecified atom stereocenters. The molecule has 1 saturated heterocycles. The summed E-state index contributed by atoms with van der Waals surface area (Å²) >= 11 is 0. The number of ketones is 1. The molecule has 14 heteroatoms. The van der Waals surface area contributed by atoms with Crippen molar-refractivity contribution in [2.45, 2.75) is 90.4 Å². The van der Waals surface area contributed by atoms with Gasteiger partial charge >= 0.3 is 23.8 Å². The first-order chi connectivity index (χ1) is 17.8. The molecule has 7 atom stereocenters. The molecule has 1 fully saturated rings. The minimum absolute atomic E-state index is 0.00258. The Balaban J connectivity index is 2.79. The minimum Gasteiger partial charge on any atom is -0.465 e. The molecule has 1 aliphatic heterocycles. The maximum absolute atomic E-state index is 16.2. The van der Waals surface area contributed by atoms with Gasteiger partial charge in [0.2, 0.25) is 0 Å². The van der Waals surface area contributed by atoms with Crippen LogP contribution in [0.5, 0.6) is 0 Å². The average molecular weight is 548 g/mol.